The Balaban J connectivity index is 2.54. The van der Waals surface area contributed by atoms with Gasteiger partial charge in [0.25, 0.3) is 0 Å². The van der Waals surface area contributed by atoms with Gasteiger partial charge in [-0.25, -0.2) is 0 Å². The second kappa shape index (κ2) is 3.69. The molecule has 1 aliphatic heterocycles. The van der Waals surface area contributed by atoms with E-state index in [0.29, 0.717) is 0 Å². The highest BCUT2D eigenvalue weighted by atomic mass is 16.6. The molecule has 0 aromatic rings. The molecule has 0 saturated carbocycles. The van der Waals surface area contributed by atoms with Gasteiger partial charge < -0.3 is 14.6 Å². The van der Waals surface area contributed by atoms with Crippen LogP contribution in [0.5, 0.6) is 0 Å². The Bertz CT molecular complexity index is 199. The van der Waals surface area contributed by atoms with E-state index in [9.17, 15) is 4.79 Å². The van der Waals surface area contributed by atoms with Crippen molar-refractivity contribution < 1.29 is 19.4 Å². The Morgan fingerprint density at radius 1 is 1.58 bits per heavy atom. The third-order valence-electron chi connectivity index (χ3n) is 1.58. The number of esters is 1. The van der Waals surface area contributed by atoms with Gasteiger partial charge in [0.2, 0.25) is 0 Å². The van der Waals surface area contributed by atoms with Crippen molar-refractivity contribution in [3.05, 3.63) is 12.2 Å². The zero-order valence-corrected chi connectivity index (χ0v) is 7.06. The summed E-state index contributed by atoms with van der Waals surface area (Å²) in [7, 11) is 0. The van der Waals surface area contributed by atoms with Crippen LogP contribution < -0.4 is 0 Å². The third-order valence-corrected chi connectivity index (χ3v) is 1.58. The molecule has 0 aliphatic carbocycles. The van der Waals surface area contributed by atoms with Crippen LogP contribution in [0.3, 0.4) is 0 Å². The van der Waals surface area contributed by atoms with Crippen LogP contribution in [0.1, 0.15) is 13.8 Å². The molecule has 0 saturated heterocycles. The molecule has 0 amide bonds. The molecule has 0 aromatic carbocycles. The maximum absolute atomic E-state index is 10.6. The van der Waals surface area contributed by atoms with E-state index in [1.54, 1.807) is 13.0 Å². The van der Waals surface area contributed by atoms with Crippen molar-refractivity contribution in [3.63, 3.8) is 0 Å². The predicted octanol–water partition coefficient (Wildman–Crippen LogP) is 0.211. The highest BCUT2D eigenvalue weighted by molar-refractivity contribution is 5.66. The minimum atomic E-state index is -0.883. The highest BCUT2D eigenvalue weighted by Crippen LogP contribution is 2.13. The molecule has 0 spiro atoms. The van der Waals surface area contributed by atoms with Crippen LogP contribution in [-0.2, 0) is 14.3 Å². The summed E-state index contributed by atoms with van der Waals surface area (Å²) in [4.78, 5) is 10.6. The van der Waals surface area contributed by atoms with Crippen LogP contribution in [-0.4, -0.2) is 29.6 Å². The van der Waals surface area contributed by atoms with E-state index in [4.69, 9.17) is 14.6 Å². The number of hydrogen-bond donors (Lipinski definition) is 1. The Labute approximate surface area is 70.8 Å². The molecule has 4 heteroatoms. The summed E-state index contributed by atoms with van der Waals surface area (Å²) >= 11 is 0. The number of rotatable bonds is 1. The summed E-state index contributed by atoms with van der Waals surface area (Å²) in [6.45, 7) is 3.08. The van der Waals surface area contributed by atoms with Gasteiger partial charge in [-0.05, 0) is 19.1 Å². The first-order chi connectivity index (χ1) is 5.59. The van der Waals surface area contributed by atoms with Gasteiger partial charge in [-0.3, -0.25) is 4.79 Å². The first kappa shape index (κ1) is 9.22. The molecule has 1 heterocycles. The number of carbonyl (C=O) groups is 1. The van der Waals surface area contributed by atoms with Gasteiger partial charge in [-0.15, -0.1) is 0 Å². The van der Waals surface area contributed by atoms with E-state index in [1.807, 2.05) is 0 Å². The lowest BCUT2D eigenvalue weighted by molar-refractivity contribution is -0.167. The SMILES string of the molecule is CC(=O)O[C@@H]1C=C[C@H](O)O[C@H]1C. The molecule has 0 radical (unpaired) electrons. The lowest BCUT2D eigenvalue weighted by Crippen LogP contribution is -2.35. The predicted molar refractivity (Wildman–Crippen MR) is 41.2 cm³/mol. The van der Waals surface area contributed by atoms with Gasteiger partial charge in [-0.1, -0.05) is 0 Å². The van der Waals surface area contributed by atoms with Crippen molar-refractivity contribution in [2.75, 3.05) is 0 Å². The van der Waals surface area contributed by atoms with E-state index < -0.39 is 6.29 Å². The van der Waals surface area contributed by atoms with E-state index >= 15 is 0 Å². The normalized spacial score (nSPS) is 34.8. The largest absolute Gasteiger partial charge is 0.456 e. The zero-order valence-electron chi connectivity index (χ0n) is 7.06. The van der Waals surface area contributed by atoms with E-state index in [0.717, 1.165) is 0 Å². The second-order valence-corrected chi connectivity index (χ2v) is 2.69. The quantitative estimate of drug-likeness (QED) is 0.454. The fourth-order valence-electron chi connectivity index (χ4n) is 1.03. The Morgan fingerprint density at radius 3 is 2.75 bits per heavy atom. The number of hydrogen-bond acceptors (Lipinski definition) is 4. The van der Waals surface area contributed by atoms with Crippen molar-refractivity contribution in [1.82, 2.24) is 0 Å². The van der Waals surface area contributed by atoms with Gasteiger partial charge in [0.1, 0.15) is 6.10 Å². The number of carbonyl (C=O) groups excluding carboxylic acids is 1. The minimum absolute atomic E-state index is 0.297. The summed E-state index contributed by atoms with van der Waals surface area (Å²) in [5.74, 6) is -0.350. The van der Waals surface area contributed by atoms with Crippen molar-refractivity contribution in [1.29, 1.82) is 0 Å². The van der Waals surface area contributed by atoms with Crippen LogP contribution in [0.4, 0.5) is 0 Å². The maximum atomic E-state index is 10.6. The average molecular weight is 172 g/mol. The van der Waals surface area contributed by atoms with Crippen molar-refractivity contribution >= 4 is 5.97 Å². The number of aliphatic hydroxyl groups excluding tert-OH is 1. The molecule has 1 N–H and O–H groups in total. The minimum Gasteiger partial charge on any atom is -0.456 e. The summed E-state index contributed by atoms with van der Waals surface area (Å²) < 4.78 is 9.88. The van der Waals surface area contributed by atoms with Crippen LogP contribution >= 0.6 is 0 Å². The Morgan fingerprint density at radius 2 is 2.25 bits per heavy atom. The first-order valence-corrected chi connectivity index (χ1v) is 3.78. The molecular weight excluding hydrogens is 160 g/mol. The van der Waals surface area contributed by atoms with E-state index in [2.05, 4.69) is 0 Å². The molecule has 0 bridgehead atoms. The van der Waals surface area contributed by atoms with Gasteiger partial charge >= 0.3 is 5.97 Å². The zero-order chi connectivity index (χ0) is 9.14. The summed E-state index contributed by atoms with van der Waals surface area (Å²) in [5, 5.41) is 8.98. The summed E-state index contributed by atoms with van der Waals surface area (Å²) in [6, 6.07) is 0. The van der Waals surface area contributed by atoms with E-state index in [1.165, 1.54) is 13.0 Å². The average Bonchev–Trinajstić information content (AvgIpc) is 1.94. The van der Waals surface area contributed by atoms with Crippen molar-refractivity contribution in [2.24, 2.45) is 0 Å². The van der Waals surface area contributed by atoms with E-state index in [-0.39, 0.29) is 18.2 Å². The monoisotopic (exact) mass is 172 g/mol. The molecule has 0 aromatic heterocycles. The third kappa shape index (κ3) is 2.32. The smallest absolute Gasteiger partial charge is 0.303 e. The molecule has 12 heavy (non-hydrogen) atoms. The number of ether oxygens (including phenoxy) is 2. The summed E-state index contributed by atoms with van der Waals surface area (Å²) in [5.41, 5.74) is 0. The highest BCUT2D eigenvalue weighted by Gasteiger charge is 2.24. The standard InChI is InChI=1S/C8H12O4/c1-5-7(12-6(2)9)3-4-8(10)11-5/h3-5,7-8,10H,1-2H3/t5-,7+,8+/m0/s1. The molecule has 68 valence electrons. The van der Waals surface area contributed by atoms with Gasteiger partial charge in [0.15, 0.2) is 6.29 Å². The lowest BCUT2D eigenvalue weighted by atomic mass is 10.1. The molecule has 1 aliphatic rings. The van der Waals surface area contributed by atoms with Crippen LogP contribution in [0, 0.1) is 0 Å². The molecule has 1 rings (SSSR count). The van der Waals surface area contributed by atoms with Crippen LogP contribution in [0.25, 0.3) is 0 Å². The molecular formula is C8H12O4. The maximum Gasteiger partial charge on any atom is 0.303 e. The van der Waals surface area contributed by atoms with Crippen LogP contribution in [0.2, 0.25) is 0 Å². The van der Waals surface area contributed by atoms with Gasteiger partial charge in [0, 0.05) is 6.92 Å². The molecule has 0 fully saturated rings. The molecule has 0 unspecified atom stereocenters. The van der Waals surface area contributed by atoms with Gasteiger partial charge in [-0.2, -0.15) is 0 Å². The second-order valence-electron chi connectivity index (χ2n) is 2.69. The van der Waals surface area contributed by atoms with Crippen molar-refractivity contribution in [2.45, 2.75) is 32.3 Å². The summed E-state index contributed by atoms with van der Waals surface area (Å²) in [6.07, 6.45) is 1.51. The Kier molecular flexibility index (Phi) is 2.83. The fraction of sp³-hybridized carbons (Fsp3) is 0.625. The lowest BCUT2D eigenvalue weighted by Gasteiger charge is -2.26. The molecule has 4 nitrogen and oxygen atoms in total. The fourth-order valence-corrected chi connectivity index (χ4v) is 1.03. The topological polar surface area (TPSA) is 55.8 Å². The Hall–Kier alpha value is -0.870. The van der Waals surface area contributed by atoms with Crippen molar-refractivity contribution in [3.8, 4) is 0 Å². The van der Waals surface area contributed by atoms with Crippen LogP contribution in [0.15, 0.2) is 12.2 Å². The first-order valence-electron chi connectivity index (χ1n) is 3.78. The molecule has 3 atom stereocenters. The van der Waals surface area contributed by atoms with Gasteiger partial charge in [0.05, 0.1) is 6.10 Å². The number of aliphatic hydroxyl groups is 1.